The molecule has 1 atom stereocenters. The lowest BCUT2D eigenvalue weighted by Crippen LogP contribution is -2.16. The van der Waals surface area contributed by atoms with Crippen LogP contribution in [-0.2, 0) is 0 Å². The van der Waals surface area contributed by atoms with Crippen LogP contribution in [0.3, 0.4) is 0 Å². The predicted octanol–water partition coefficient (Wildman–Crippen LogP) is 4.03. The summed E-state index contributed by atoms with van der Waals surface area (Å²) < 4.78 is 0. The standard InChI is InChI=1S/C17H15ClSi/c1-11-10-13-6-3-4-7-15(13)17(11)14-8-5-9-16(19-18)12(14)2/h3-10,17H,1-2H3. The minimum atomic E-state index is 0.339. The number of fused-ring (bicyclic) bond motifs is 1. The van der Waals surface area contributed by atoms with E-state index in [1.54, 1.807) is 0 Å². The summed E-state index contributed by atoms with van der Waals surface area (Å²) in [6, 6.07) is 15.2. The summed E-state index contributed by atoms with van der Waals surface area (Å²) >= 11 is 6.06. The highest BCUT2D eigenvalue weighted by atomic mass is 35.6. The maximum absolute atomic E-state index is 6.06. The Morgan fingerprint density at radius 1 is 0.947 bits per heavy atom. The number of halogens is 1. The fourth-order valence-electron chi connectivity index (χ4n) is 2.96. The first-order chi connectivity index (χ1) is 9.22. The normalized spacial score (nSPS) is 17.2. The van der Waals surface area contributed by atoms with Crippen LogP contribution < -0.4 is 5.19 Å². The molecule has 1 aliphatic carbocycles. The third kappa shape index (κ3) is 2.07. The van der Waals surface area contributed by atoms with E-state index in [1.165, 1.54) is 33.0 Å². The highest BCUT2D eigenvalue weighted by molar-refractivity contribution is 7.01. The number of allylic oxidation sites excluding steroid dienone is 1. The van der Waals surface area contributed by atoms with Crippen molar-refractivity contribution in [2.24, 2.45) is 0 Å². The van der Waals surface area contributed by atoms with Crippen molar-refractivity contribution in [3.8, 4) is 0 Å². The summed E-state index contributed by atoms with van der Waals surface area (Å²) in [5.74, 6) is 0.393. The van der Waals surface area contributed by atoms with Crippen molar-refractivity contribution in [1.82, 2.24) is 0 Å². The topological polar surface area (TPSA) is 0 Å². The second kappa shape index (κ2) is 4.99. The summed E-state index contributed by atoms with van der Waals surface area (Å²) in [6.07, 6.45) is 2.30. The molecule has 0 aromatic heterocycles. The third-order valence-corrected chi connectivity index (χ3v) is 5.29. The van der Waals surface area contributed by atoms with Gasteiger partial charge in [0.15, 0.2) is 0 Å². The molecule has 0 nitrogen and oxygen atoms in total. The quantitative estimate of drug-likeness (QED) is 0.576. The molecule has 0 spiro atoms. The molecule has 0 N–H and O–H groups in total. The van der Waals surface area contributed by atoms with Crippen LogP contribution in [0.5, 0.6) is 0 Å². The molecule has 0 aliphatic heterocycles. The van der Waals surface area contributed by atoms with Crippen LogP contribution in [0.25, 0.3) is 6.08 Å². The van der Waals surface area contributed by atoms with Crippen LogP contribution in [-0.4, -0.2) is 8.83 Å². The van der Waals surface area contributed by atoms with Gasteiger partial charge < -0.3 is 0 Å². The monoisotopic (exact) mass is 282 g/mol. The Balaban J connectivity index is 2.16. The Labute approximate surface area is 121 Å². The molecular formula is C17H15ClSi. The molecule has 0 amide bonds. The summed E-state index contributed by atoms with van der Waals surface area (Å²) in [6.45, 7) is 4.41. The fourth-order valence-corrected chi connectivity index (χ4v) is 4.02. The molecule has 2 aromatic rings. The molecule has 0 fully saturated rings. The van der Waals surface area contributed by atoms with Gasteiger partial charge in [0, 0.05) is 5.92 Å². The van der Waals surface area contributed by atoms with Gasteiger partial charge >= 0.3 is 0 Å². The van der Waals surface area contributed by atoms with Gasteiger partial charge in [-0.05, 0) is 41.3 Å². The zero-order chi connectivity index (χ0) is 13.4. The molecule has 0 bridgehead atoms. The molecule has 2 heteroatoms. The van der Waals surface area contributed by atoms with E-state index in [-0.39, 0.29) is 0 Å². The Hall–Kier alpha value is -1.31. The van der Waals surface area contributed by atoms with Crippen LogP contribution in [0.1, 0.15) is 35.1 Å². The maximum atomic E-state index is 6.06. The minimum Gasteiger partial charge on any atom is -0.165 e. The largest absolute Gasteiger partial charge is 0.210 e. The van der Waals surface area contributed by atoms with Gasteiger partial charge in [-0.25, -0.2) is 0 Å². The first-order valence-electron chi connectivity index (χ1n) is 6.45. The van der Waals surface area contributed by atoms with E-state index < -0.39 is 0 Å². The van der Waals surface area contributed by atoms with Crippen molar-refractivity contribution >= 4 is 31.2 Å². The van der Waals surface area contributed by atoms with Gasteiger partial charge in [0.1, 0.15) is 0 Å². The van der Waals surface area contributed by atoms with Crippen molar-refractivity contribution in [1.29, 1.82) is 0 Å². The molecule has 1 unspecified atom stereocenters. The first kappa shape index (κ1) is 12.7. The minimum absolute atomic E-state index is 0.339. The summed E-state index contributed by atoms with van der Waals surface area (Å²) in [5.41, 5.74) is 6.91. The fraction of sp³-hybridized carbons (Fsp3) is 0.176. The second-order valence-electron chi connectivity index (χ2n) is 5.06. The van der Waals surface area contributed by atoms with E-state index in [9.17, 15) is 0 Å². The van der Waals surface area contributed by atoms with Gasteiger partial charge in [0.05, 0.1) is 0 Å². The van der Waals surface area contributed by atoms with Crippen LogP contribution in [0.15, 0.2) is 48.0 Å². The molecule has 0 heterocycles. The van der Waals surface area contributed by atoms with Gasteiger partial charge in [0.2, 0.25) is 8.83 Å². The predicted molar refractivity (Wildman–Crippen MR) is 84.4 cm³/mol. The highest BCUT2D eigenvalue weighted by Crippen LogP contribution is 2.41. The van der Waals surface area contributed by atoms with E-state index in [2.05, 4.69) is 62.4 Å². The zero-order valence-electron chi connectivity index (χ0n) is 11.1. The molecule has 0 saturated heterocycles. The summed E-state index contributed by atoms with van der Waals surface area (Å²) in [7, 11) is 0.339. The van der Waals surface area contributed by atoms with Crippen molar-refractivity contribution in [2.45, 2.75) is 19.8 Å². The Morgan fingerprint density at radius 3 is 2.47 bits per heavy atom. The first-order valence-corrected chi connectivity index (χ1v) is 8.47. The highest BCUT2D eigenvalue weighted by Gasteiger charge is 2.25. The van der Waals surface area contributed by atoms with Gasteiger partial charge in [-0.3, -0.25) is 0 Å². The number of benzene rings is 2. The molecule has 2 aromatic carbocycles. The van der Waals surface area contributed by atoms with Gasteiger partial charge in [-0.2, -0.15) is 11.1 Å². The summed E-state index contributed by atoms with van der Waals surface area (Å²) in [5, 5.41) is 1.26. The Kier molecular flexibility index (Phi) is 3.34. The lowest BCUT2D eigenvalue weighted by molar-refractivity contribution is 0.965. The third-order valence-electron chi connectivity index (χ3n) is 3.93. The number of rotatable bonds is 2. The van der Waals surface area contributed by atoms with Crippen LogP contribution in [0, 0.1) is 6.92 Å². The van der Waals surface area contributed by atoms with Crippen molar-refractivity contribution < 1.29 is 0 Å². The lowest BCUT2D eigenvalue weighted by Gasteiger charge is -2.19. The van der Waals surface area contributed by atoms with Crippen molar-refractivity contribution in [3.63, 3.8) is 0 Å². The number of hydrogen-bond acceptors (Lipinski definition) is 0. The molecule has 2 radical (unpaired) electrons. The van der Waals surface area contributed by atoms with Gasteiger partial charge in [-0.15, -0.1) is 0 Å². The van der Waals surface area contributed by atoms with Crippen LogP contribution in [0.2, 0.25) is 0 Å². The molecule has 1 aliphatic rings. The lowest BCUT2D eigenvalue weighted by atomic mass is 9.86. The molecule has 3 rings (SSSR count). The van der Waals surface area contributed by atoms with Crippen molar-refractivity contribution in [2.75, 3.05) is 0 Å². The second-order valence-corrected chi connectivity index (χ2v) is 6.36. The summed E-state index contributed by atoms with van der Waals surface area (Å²) in [4.78, 5) is 0. The smallest absolute Gasteiger partial charge is 0.165 e. The van der Waals surface area contributed by atoms with E-state index in [1.807, 2.05) is 0 Å². The van der Waals surface area contributed by atoms with Crippen LogP contribution >= 0.6 is 11.1 Å². The van der Waals surface area contributed by atoms with E-state index in [0.29, 0.717) is 14.7 Å². The van der Waals surface area contributed by atoms with Crippen LogP contribution in [0.4, 0.5) is 0 Å². The average Bonchev–Trinajstić information content (AvgIpc) is 2.75. The zero-order valence-corrected chi connectivity index (χ0v) is 12.8. The number of hydrogen-bond donors (Lipinski definition) is 0. The average molecular weight is 283 g/mol. The molecular weight excluding hydrogens is 268 g/mol. The van der Waals surface area contributed by atoms with E-state index in [4.69, 9.17) is 11.1 Å². The Morgan fingerprint density at radius 2 is 1.68 bits per heavy atom. The van der Waals surface area contributed by atoms with E-state index >= 15 is 0 Å². The maximum Gasteiger partial charge on any atom is 0.210 e. The van der Waals surface area contributed by atoms with Gasteiger partial charge in [0.25, 0.3) is 0 Å². The Bertz CT molecular complexity index is 658. The molecule has 0 saturated carbocycles. The SMILES string of the molecule is CC1=Cc2ccccc2C1c1cccc([Si]Cl)c1C. The molecule has 19 heavy (non-hydrogen) atoms. The van der Waals surface area contributed by atoms with Gasteiger partial charge in [-0.1, -0.05) is 54.1 Å². The van der Waals surface area contributed by atoms with E-state index in [0.717, 1.165) is 0 Å². The molecule has 94 valence electrons. The van der Waals surface area contributed by atoms with Crippen molar-refractivity contribution in [3.05, 3.63) is 70.3 Å².